The van der Waals surface area contributed by atoms with Crippen LogP contribution < -0.4 is 11.1 Å². The normalized spacial score (nSPS) is 15.8. The Labute approximate surface area is 112 Å². The summed E-state index contributed by atoms with van der Waals surface area (Å²) < 4.78 is 5.99. The molecule has 1 aromatic heterocycles. The number of nitrogens with one attached hydrogen (secondary N) is 1. The Hall–Kier alpha value is -2.01. The van der Waals surface area contributed by atoms with Crippen molar-refractivity contribution in [3.05, 3.63) is 46.3 Å². The van der Waals surface area contributed by atoms with E-state index in [1.165, 1.54) is 0 Å². The van der Waals surface area contributed by atoms with Crippen LogP contribution in [0.1, 0.15) is 11.3 Å². The van der Waals surface area contributed by atoms with E-state index in [-0.39, 0.29) is 5.91 Å². The van der Waals surface area contributed by atoms with Gasteiger partial charge in [-0.15, -0.1) is 0 Å². The van der Waals surface area contributed by atoms with Crippen LogP contribution in [0.15, 0.2) is 39.4 Å². The molecule has 3 rings (SSSR count). The molecule has 2 heterocycles. The second-order valence-electron chi connectivity index (χ2n) is 3.96. The molecule has 0 bridgehead atoms. The minimum atomic E-state index is -0.150. The molecule has 3 N–H and O–H groups in total. The summed E-state index contributed by atoms with van der Waals surface area (Å²) in [6.07, 6.45) is 1.70. The number of hydrogen-bond acceptors (Lipinski definition) is 3. The minimum absolute atomic E-state index is 0.150. The van der Waals surface area contributed by atoms with Crippen molar-refractivity contribution in [3.8, 4) is 0 Å². The largest absolute Gasteiger partial charge is 0.450 e. The topological polar surface area (TPSA) is 68.3 Å². The van der Waals surface area contributed by atoms with Gasteiger partial charge in [0, 0.05) is 16.9 Å². The lowest BCUT2D eigenvalue weighted by atomic mass is 10.1. The van der Waals surface area contributed by atoms with E-state index >= 15 is 0 Å². The molecule has 1 aromatic carbocycles. The van der Waals surface area contributed by atoms with Gasteiger partial charge < -0.3 is 15.5 Å². The Bertz CT molecular complexity index is 673. The Morgan fingerprint density at radius 3 is 2.83 bits per heavy atom. The molecule has 1 aliphatic heterocycles. The number of hydrogen-bond donors (Lipinski definition) is 2. The van der Waals surface area contributed by atoms with E-state index in [0.717, 1.165) is 11.3 Å². The van der Waals surface area contributed by atoms with Gasteiger partial charge in [-0.3, -0.25) is 4.79 Å². The standard InChI is InChI=1S/C13H9BrN2O2/c14-12-4-2-8(18-12)6-10-9-5-7(15)1-3-11(9)16-13(10)17/h1-6H,15H2,(H,16,17)/b10-6+. The van der Waals surface area contributed by atoms with Gasteiger partial charge in [0.25, 0.3) is 5.91 Å². The molecule has 0 aliphatic carbocycles. The van der Waals surface area contributed by atoms with Gasteiger partial charge in [0.2, 0.25) is 0 Å². The van der Waals surface area contributed by atoms with Crippen LogP contribution in [-0.2, 0) is 4.79 Å². The SMILES string of the molecule is Nc1ccc2c(c1)/C(=C\c1ccc(Br)o1)C(=O)N2. The highest BCUT2D eigenvalue weighted by Gasteiger charge is 2.24. The summed E-state index contributed by atoms with van der Waals surface area (Å²) in [5.41, 5.74) is 8.48. The molecule has 0 radical (unpaired) electrons. The van der Waals surface area contributed by atoms with Crippen LogP contribution in [0.5, 0.6) is 0 Å². The van der Waals surface area contributed by atoms with E-state index in [2.05, 4.69) is 21.2 Å². The summed E-state index contributed by atoms with van der Waals surface area (Å²) in [5.74, 6) is 0.463. The Balaban J connectivity index is 2.11. The second-order valence-corrected chi connectivity index (χ2v) is 4.74. The molecular weight excluding hydrogens is 296 g/mol. The first-order valence-corrected chi connectivity index (χ1v) is 6.11. The van der Waals surface area contributed by atoms with Crippen LogP contribution in [0.25, 0.3) is 11.6 Å². The van der Waals surface area contributed by atoms with Crippen LogP contribution >= 0.6 is 15.9 Å². The van der Waals surface area contributed by atoms with Crippen molar-refractivity contribution in [2.45, 2.75) is 0 Å². The van der Waals surface area contributed by atoms with Crippen LogP contribution in [0, 0.1) is 0 Å². The van der Waals surface area contributed by atoms with E-state index in [0.29, 0.717) is 21.7 Å². The lowest BCUT2D eigenvalue weighted by molar-refractivity contribution is -0.110. The minimum Gasteiger partial charge on any atom is -0.450 e. The zero-order valence-corrected chi connectivity index (χ0v) is 10.8. The van der Waals surface area contributed by atoms with Crippen molar-refractivity contribution in [2.24, 2.45) is 0 Å². The maximum absolute atomic E-state index is 11.9. The molecule has 18 heavy (non-hydrogen) atoms. The Kier molecular flexibility index (Phi) is 2.48. The summed E-state index contributed by atoms with van der Waals surface area (Å²) in [7, 11) is 0. The first-order chi connectivity index (χ1) is 8.63. The van der Waals surface area contributed by atoms with Crippen molar-refractivity contribution >= 4 is 44.9 Å². The number of nitrogen functional groups attached to an aromatic ring is 1. The third-order valence-electron chi connectivity index (χ3n) is 2.71. The van der Waals surface area contributed by atoms with Gasteiger partial charge in [-0.2, -0.15) is 0 Å². The van der Waals surface area contributed by atoms with E-state index in [9.17, 15) is 4.79 Å². The van der Waals surface area contributed by atoms with E-state index < -0.39 is 0 Å². The Morgan fingerprint density at radius 1 is 1.28 bits per heavy atom. The summed E-state index contributed by atoms with van der Waals surface area (Å²) in [6.45, 7) is 0. The van der Waals surface area contributed by atoms with Gasteiger partial charge in [-0.1, -0.05) is 0 Å². The molecule has 1 amide bonds. The molecule has 0 fully saturated rings. The van der Waals surface area contributed by atoms with E-state index in [4.69, 9.17) is 10.2 Å². The van der Waals surface area contributed by atoms with Crippen molar-refractivity contribution in [1.29, 1.82) is 0 Å². The number of benzene rings is 1. The fraction of sp³-hybridized carbons (Fsp3) is 0. The van der Waals surface area contributed by atoms with Crippen molar-refractivity contribution in [1.82, 2.24) is 0 Å². The highest BCUT2D eigenvalue weighted by atomic mass is 79.9. The molecule has 0 saturated heterocycles. The fourth-order valence-electron chi connectivity index (χ4n) is 1.90. The van der Waals surface area contributed by atoms with Gasteiger partial charge in [0.05, 0.1) is 5.57 Å². The second kappa shape index (κ2) is 4.03. The molecule has 4 nitrogen and oxygen atoms in total. The van der Waals surface area contributed by atoms with Crippen molar-refractivity contribution in [2.75, 3.05) is 11.1 Å². The van der Waals surface area contributed by atoms with Crippen LogP contribution in [0.4, 0.5) is 11.4 Å². The van der Waals surface area contributed by atoms with Gasteiger partial charge in [0.1, 0.15) is 5.76 Å². The zero-order valence-electron chi connectivity index (χ0n) is 9.24. The molecule has 2 aromatic rings. The molecule has 5 heteroatoms. The van der Waals surface area contributed by atoms with E-state index in [1.807, 2.05) is 0 Å². The first kappa shape index (κ1) is 11.1. The number of furan rings is 1. The number of amides is 1. The number of nitrogens with two attached hydrogens (primary N) is 1. The number of rotatable bonds is 1. The van der Waals surface area contributed by atoms with Crippen LogP contribution in [0.2, 0.25) is 0 Å². The molecule has 0 atom stereocenters. The van der Waals surface area contributed by atoms with Crippen LogP contribution in [-0.4, -0.2) is 5.91 Å². The summed E-state index contributed by atoms with van der Waals surface area (Å²) in [4.78, 5) is 11.9. The van der Waals surface area contributed by atoms with Crippen molar-refractivity contribution < 1.29 is 9.21 Å². The fourth-order valence-corrected chi connectivity index (χ4v) is 2.22. The average Bonchev–Trinajstić information content (AvgIpc) is 2.86. The number of carbonyl (C=O) groups excluding carboxylic acids is 1. The molecule has 1 aliphatic rings. The lowest BCUT2D eigenvalue weighted by Crippen LogP contribution is -2.03. The van der Waals surface area contributed by atoms with Crippen LogP contribution in [0.3, 0.4) is 0 Å². The van der Waals surface area contributed by atoms with Gasteiger partial charge in [0.15, 0.2) is 4.67 Å². The third kappa shape index (κ3) is 1.82. The molecule has 0 saturated carbocycles. The number of fused-ring (bicyclic) bond motifs is 1. The number of anilines is 2. The number of carbonyl (C=O) groups is 1. The Morgan fingerprint density at radius 2 is 2.11 bits per heavy atom. The average molecular weight is 305 g/mol. The molecule has 90 valence electrons. The zero-order chi connectivity index (χ0) is 12.7. The predicted molar refractivity (Wildman–Crippen MR) is 73.8 cm³/mol. The maximum atomic E-state index is 11.9. The summed E-state index contributed by atoms with van der Waals surface area (Å²) in [6, 6.07) is 8.89. The monoisotopic (exact) mass is 304 g/mol. The summed E-state index contributed by atoms with van der Waals surface area (Å²) in [5, 5.41) is 2.79. The molecular formula is C13H9BrN2O2. The van der Waals surface area contributed by atoms with Gasteiger partial charge in [-0.05, 0) is 52.3 Å². The third-order valence-corrected chi connectivity index (χ3v) is 3.13. The quantitative estimate of drug-likeness (QED) is 0.628. The van der Waals surface area contributed by atoms with E-state index in [1.54, 1.807) is 36.4 Å². The highest BCUT2D eigenvalue weighted by molar-refractivity contribution is 9.10. The molecule has 0 unspecified atom stereocenters. The number of halogens is 1. The predicted octanol–water partition coefficient (Wildman–Crippen LogP) is 3.12. The molecule has 0 spiro atoms. The smallest absolute Gasteiger partial charge is 0.256 e. The highest BCUT2D eigenvalue weighted by Crippen LogP contribution is 2.34. The maximum Gasteiger partial charge on any atom is 0.256 e. The first-order valence-electron chi connectivity index (χ1n) is 5.32. The van der Waals surface area contributed by atoms with Gasteiger partial charge in [-0.25, -0.2) is 0 Å². The lowest BCUT2D eigenvalue weighted by Gasteiger charge is -1.99. The van der Waals surface area contributed by atoms with Gasteiger partial charge >= 0.3 is 0 Å². The van der Waals surface area contributed by atoms with Crippen molar-refractivity contribution in [3.63, 3.8) is 0 Å². The summed E-state index contributed by atoms with van der Waals surface area (Å²) >= 11 is 3.22.